The minimum atomic E-state index is 0.0491. The molecule has 0 aliphatic carbocycles. The van der Waals surface area contributed by atoms with Gasteiger partial charge in [0.1, 0.15) is 5.75 Å². The van der Waals surface area contributed by atoms with Crippen LogP contribution in [0.5, 0.6) is 5.75 Å². The SMILES string of the molecule is CN(C)CCCOc1ccc(C(=O)N2CCC(N3C(=O)CCc4ccccc43)CC2)cc1. The molecule has 170 valence electrons. The fourth-order valence-corrected chi connectivity index (χ4v) is 4.63. The summed E-state index contributed by atoms with van der Waals surface area (Å²) in [5.74, 6) is 1.05. The van der Waals surface area contributed by atoms with Gasteiger partial charge in [-0.15, -0.1) is 0 Å². The number of benzene rings is 2. The lowest BCUT2D eigenvalue weighted by molar-refractivity contribution is -0.119. The van der Waals surface area contributed by atoms with Crippen molar-refractivity contribution in [1.29, 1.82) is 0 Å². The average molecular weight is 436 g/mol. The van der Waals surface area contributed by atoms with Gasteiger partial charge in [0.2, 0.25) is 5.91 Å². The standard InChI is InChI=1S/C26H33N3O3/c1-27(2)16-5-19-32-23-11-8-21(9-12-23)26(31)28-17-14-22(15-18-28)29-24-7-4-3-6-20(24)10-13-25(29)30/h3-4,6-9,11-12,22H,5,10,13-19H2,1-2H3. The topological polar surface area (TPSA) is 53.1 Å². The summed E-state index contributed by atoms with van der Waals surface area (Å²) < 4.78 is 5.77. The minimum absolute atomic E-state index is 0.0491. The monoisotopic (exact) mass is 435 g/mol. The molecule has 0 atom stereocenters. The maximum absolute atomic E-state index is 13.0. The summed E-state index contributed by atoms with van der Waals surface area (Å²) in [7, 11) is 4.10. The number of fused-ring (bicyclic) bond motifs is 1. The van der Waals surface area contributed by atoms with Gasteiger partial charge in [-0.05, 0) is 75.7 Å². The molecule has 0 N–H and O–H groups in total. The second kappa shape index (κ2) is 10.2. The molecule has 1 fully saturated rings. The Hall–Kier alpha value is -2.86. The van der Waals surface area contributed by atoms with Crippen molar-refractivity contribution in [3.05, 3.63) is 59.7 Å². The molecule has 0 radical (unpaired) electrons. The summed E-state index contributed by atoms with van der Waals surface area (Å²) in [5, 5.41) is 0. The Morgan fingerprint density at radius 1 is 1.03 bits per heavy atom. The molecule has 2 aliphatic heterocycles. The summed E-state index contributed by atoms with van der Waals surface area (Å²) in [6, 6.07) is 15.8. The summed E-state index contributed by atoms with van der Waals surface area (Å²) in [6.45, 7) is 2.98. The minimum Gasteiger partial charge on any atom is -0.494 e. The first-order chi connectivity index (χ1) is 15.5. The molecule has 1 saturated heterocycles. The fourth-order valence-electron chi connectivity index (χ4n) is 4.63. The number of nitrogens with zero attached hydrogens (tertiary/aromatic N) is 3. The molecule has 2 aromatic rings. The molecule has 4 rings (SSSR count). The van der Waals surface area contributed by atoms with Crippen LogP contribution in [-0.2, 0) is 11.2 Å². The van der Waals surface area contributed by atoms with E-state index in [1.807, 2.05) is 66.4 Å². The molecule has 6 heteroatoms. The van der Waals surface area contributed by atoms with Gasteiger partial charge in [-0.3, -0.25) is 9.59 Å². The quantitative estimate of drug-likeness (QED) is 0.624. The molecule has 32 heavy (non-hydrogen) atoms. The van der Waals surface area contributed by atoms with Crippen LogP contribution in [0.1, 0.15) is 41.6 Å². The number of rotatable bonds is 7. The molecule has 0 saturated carbocycles. The molecule has 6 nitrogen and oxygen atoms in total. The number of ether oxygens (including phenoxy) is 1. The highest BCUT2D eigenvalue weighted by Crippen LogP contribution is 2.32. The highest BCUT2D eigenvalue weighted by molar-refractivity contribution is 5.97. The van der Waals surface area contributed by atoms with Crippen molar-refractivity contribution in [1.82, 2.24) is 9.80 Å². The van der Waals surface area contributed by atoms with E-state index in [0.29, 0.717) is 31.7 Å². The maximum atomic E-state index is 13.0. The first-order valence-electron chi connectivity index (χ1n) is 11.6. The first kappa shape index (κ1) is 22.3. The van der Waals surface area contributed by atoms with Crippen molar-refractivity contribution in [3.8, 4) is 5.75 Å². The predicted molar refractivity (Wildman–Crippen MR) is 126 cm³/mol. The highest BCUT2D eigenvalue weighted by Gasteiger charge is 2.33. The third-order valence-corrected chi connectivity index (χ3v) is 6.36. The maximum Gasteiger partial charge on any atom is 0.253 e. The average Bonchev–Trinajstić information content (AvgIpc) is 2.82. The number of para-hydroxylation sites is 1. The van der Waals surface area contributed by atoms with E-state index in [1.54, 1.807) is 0 Å². The number of hydrogen-bond acceptors (Lipinski definition) is 4. The Balaban J connectivity index is 1.32. The lowest BCUT2D eigenvalue weighted by Crippen LogP contribution is -2.50. The Bertz CT molecular complexity index is 934. The highest BCUT2D eigenvalue weighted by atomic mass is 16.5. The summed E-state index contributed by atoms with van der Waals surface area (Å²) in [5.41, 5.74) is 2.98. The lowest BCUT2D eigenvalue weighted by Gasteiger charge is -2.41. The molecular weight excluding hydrogens is 402 g/mol. The number of amides is 2. The van der Waals surface area contributed by atoms with Crippen LogP contribution < -0.4 is 9.64 Å². The van der Waals surface area contributed by atoms with Crippen molar-refractivity contribution < 1.29 is 14.3 Å². The van der Waals surface area contributed by atoms with Gasteiger partial charge in [0.05, 0.1) is 6.61 Å². The van der Waals surface area contributed by atoms with Crippen molar-refractivity contribution in [2.45, 2.75) is 38.1 Å². The van der Waals surface area contributed by atoms with Gasteiger partial charge in [0.15, 0.2) is 0 Å². The number of carbonyl (C=O) groups excluding carboxylic acids is 2. The van der Waals surface area contributed by atoms with E-state index in [4.69, 9.17) is 4.74 Å². The molecule has 0 bridgehead atoms. The third-order valence-electron chi connectivity index (χ3n) is 6.36. The molecule has 2 aliphatic rings. The summed E-state index contributed by atoms with van der Waals surface area (Å²) in [4.78, 5) is 31.7. The molecule has 2 amide bonds. The normalized spacial score (nSPS) is 16.9. The molecular formula is C26H33N3O3. The van der Waals surface area contributed by atoms with Crippen LogP contribution in [0.2, 0.25) is 0 Å². The van der Waals surface area contributed by atoms with Crippen molar-refractivity contribution in [2.24, 2.45) is 0 Å². The van der Waals surface area contributed by atoms with Crippen LogP contribution in [0, 0.1) is 0 Å². The zero-order chi connectivity index (χ0) is 22.5. The number of anilines is 1. The zero-order valence-corrected chi connectivity index (χ0v) is 19.1. The van der Waals surface area contributed by atoms with Crippen LogP contribution in [0.25, 0.3) is 0 Å². The fraction of sp³-hybridized carbons (Fsp3) is 0.462. The van der Waals surface area contributed by atoms with E-state index < -0.39 is 0 Å². The molecule has 0 unspecified atom stereocenters. The Morgan fingerprint density at radius 3 is 2.47 bits per heavy atom. The second-order valence-electron chi connectivity index (χ2n) is 8.95. The van der Waals surface area contributed by atoms with Gasteiger partial charge in [-0.2, -0.15) is 0 Å². The van der Waals surface area contributed by atoms with E-state index in [0.717, 1.165) is 43.7 Å². The molecule has 0 spiro atoms. The Labute approximate surface area is 190 Å². The van der Waals surface area contributed by atoms with Crippen LogP contribution >= 0.6 is 0 Å². The van der Waals surface area contributed by atoms with Crippen LogP contribution in [-0.4, -0.2) is 68.0 Å². The van der Waals surface area contributed by atoms with Gasteiger partial charge in [0, 0.05) is 43.3 Å². The van der Waals surface area contributed by atoms with E-state index >= 15 is 0 Å². The smallest absolute Gasteiger partial charge is 0.253 e. The van der Waals surface area contributed by atoms with E-state index in [-0.39, 0.29) is 17.9 Å². The third kappa shape index (κ3) is 5.13. The molecule has 2 heterocycles. The van der Waals surface area contributed by atoms with Gasteiger partial charge in [-0.1, -0.05) is 18.2 Å². The van der Waals surface area contributed by atoms with Crippen molar-refractivity contribution >= 4 is 17.5 Å². The number of hydrogen-bond donors (Lipinski definition) is 0. The number of aryl methyl sites for hydroxylation is 1. The Morgan fingerprint density at radius 2 is 1.75 bits per heavy atom. The molecule has 0 aromatic heterocycles. The van der Waals surface area contributed by atoms with Crippen LogP contribution in [0.3, 0.4) is 0 Å². The number of carbonyl (C=O) groups is 2. The van der Waals surface area contributed by atoms with Crippen LogP contribution in [0.4, 0.5) is 5.69 Å². The van der Waals surface area contributed by atoms with Gasteiger partial charge in [-0.25, -0.2) is 0 Å². The lowest BCUT2D eigenvalue weighted by atomic mass is 9.95. The summed E-state index contributed by atoms with van der Waals surface area (Å²) in [6.07, 6.45) is 3.96. The first-order valence-corrected chi connectivity index (χ1v) is 11.6. The zero-order valence-electron chi connectivity index (χ0n) is 19.1. The predicted octanol–water partition coefficient (Wildman–Crippen LogP) is 3.60. The van der Waals surface area contributed by atoms with Crippen molar-refractivity contribution in [2.75, 3.05) is 45.2 Å². The van der Waals surface area contributed by atoms with E-state index in [9.17, 15) is 9.59 Å². The van der Waals surface area contributed by atoms with Crippen LogP contribution in [0.15, 0.2) is 48.5 Å². The van der Waals surface area contributed by atoms with Gasteiger partial charge >= 0.3 is 0 Å². The van der Waals surface area contributed by atoms with Crippen molar-refractivity contribution in [3.63, 3.8) is 0 Å². The number of likely N-dealkylation sites (tertiary alicyclic amines) is 1. The molecule has 2 aromatic carbocycles. The summed E-state index contributed by atoms with van der Waals surface area (Å²) >= 11 is 0. The Kier molecular flexibility index (Phi) is 7.10. The van der Waals surface area contributed by atoms with E-state index in [2.05, 4.69) is 11.0 Å². The largest absolute Gasteiger partial charge is 0.494 e. The number of piperidine rings is 1. The van der Waals surface area contributed by atoms with E-state index in [1.165, 1.54) is 5.56 Å². The second-order valence-corrected chi connectivity index (χ2v) is 8.95. The van der Waals surface area contributed by atoms with Gasteiger partial charge < -0.3 is 19.4 Å². The van der Waals surface area contributed by atoms with Gasteiger partial charge in [0.25, 0.3) is 5.91 Å².